The number of benzene rings is 1. The van der Waals surface area contributed by atoms with Crippen molar-refractivity contribution in [3.63, 3.8) is 0 Å². The van der Waals surface area contributed by atoms with Crippen LogP contribution in [0.15, 0.2) is 12.1 Å². The maximum Gasteiger partial charge on any atom is 0.0210 e. The summed E-state index contributed by atoms with van der Waals surface area (Å²) < 4.78 is 0. The Morgan fingerprint density at radius 2 is 1.78 bits per heavy atom. The number of hydrogen-bond donors (Lipinski definition) is 2. The lowest BCUT2D eigenvalue weighted by atomic mass is 9.69. The van der Waals surface area contributed by atoms with Crippen LogP contribution in [0.2, 0.25) is 0 Å². The zero-order valence-corrected chi connectivity index (χ0v) is 12.0. The van der Waals surface area contributed by atoms with Crippen molar-refractivity contribution < 1.29 is 0 Å². The first-order valence-corrected chi connectivity index (χ1v) is 7.04. The highest BCUT2D eigenvalue weighted by molar-refractivity contribution is 5.37. The molecule has 0 aromatic heterocycles. The Morgan fingerprint density at radius 3 is 2.22 bits per heavy atom. The van der Waals surface area contributed by atoms with Gasteiger partial charge in [0.25, 0.3) is 0 Å². The van der Waals surface area contributed by atoms with E-state index in [1.165, 1.54) is 41.5 Å². The van der Waals surface area contributed by atoms with E-state index in [2.05, 4.69) is 38.2 Å². The minimum atomic E-state index is 0.395. The molecule has 1 aromatic rings. The highest BCUT2D eigenvalue weighted by Gasteiger charge is 2.34. The van der Waals surface area contributed by atoms with Crippen molar-refractivity contribution in [2.75, 3.05) is 13.1 Å². The van der Waals surface area contributed by atoms with Gasteiger partial charge in [-0.1, -0.05) is 24.1 Å². The average molecular weight is 246 g/mol. The first kappa shape index (κ1) is 13.6. The van der Waals surface area contributed by atoms with E-state index in [0.717, 1.165) is 19.6 Å². The van der Waals surface area contributed by atoms with Crippen LogP contribution in [0.5, 0.6) is 0 Å². The van der Waals surface area contributed by atoms with Gasteiger partial charge >= 0.3 is 0 Å². The predicted molar refractivity (Wildman–Crippen MR) is 77.7 cm³/mol. The lowest BCUT2D eigenvalue weighted by molar-refractivity contribution is 0.140. The van der Waals surface area contributed by atoms with Crippen LogP contribution in [0.25, 0.3) is 0 Å². The summed E-state index contributed by atoms with van der Waals surface area (Å²) in [5.41, 5.74) is 11.9. The molecule has 0 bridgehead atoms. The molecule has 3 N–H and O–H groups in total. The molecule has 1 aromatic carbocycles. The molecule has 1 saturated carbocycles. The zero-order valence-electron chi connectivity index (χ0n) is 12.0. The van der Waals surface area contributed by atoms with Gasteiger partial charge in [0.2, 0.25) is 0 Å². The molecule has 1 aliphatic rings. The molecule has 0 heterocycles. The topological polar surface area (TPSA) is 38.0 Å². The Bertz CT molecular complexity index is 391. The highest BCUT2D eigenvalue weighted by Crippen LogP contribution is 2.39. The Labute approximate surface area is 111 Å². The third-order valence-electron chi connectivity index (χ3n) is 4.49. The van der Waals surface area contributed by atoms with Gasteiger partial charge in [0.05, 0.1) is 0 Å². The summed E-state index contributed by atoms with van der Waals surface area (Å²) in [5.74, 6) is 0. The fourth-order valence-corrected chi connectivity index (χ4v) is 3.07. The van der Waals surface area contributed by atoms with Crippen molar-refractivity contribution in [1.82, 2.24) is 5.32 Å². The zero-order chi connectivity index (χ0) is 13.2. The van der Waals surface area contributed by atoms with Gasteiger partial charge in [-0.25, -0.2) is 0 Å². The standard InChI is InChI=1S/C16H26N2/c1-12-7-13(2)15(14(3)8-12)9-18-11-16(10-17)5-4-6-16/h7-8,18H,4-6,9-11,17H2,1-3H3. The van der Waals surface area contributed by atoms with Gasteiger partial charge in [0.1, 0.15) is 0 Å². The molecule has 2 nitrogen and oxygen atoms in total. The third kappa shape index (κ3) is 2.76. The summed E-state index contributed by atoms with van der Waals surface area (Å²) in [6, 6.07) is 4.54. The van der Waals surface area contributed by atoms with Crippen molar-refractivity contribution in [3.8, 4) is 0 Å². The van der Waals surface area contributed by atoms with Crippen LogP contribution < -0.4 is 11.1 Å². The smallest absolute Gasteiger partial charge is 0.0210 e. The van der Waals surface area contributed by atoms with Crippen molar-refractivity contribution in [2.24, 2.45) is 11.1 Å². The van der Waals surface area contributed by atoms with E-state index in [0.29, 0.717) is 5.41 Å². The van der Waals surface area contributed by atoms with Crippen molar-refractivity contribution in [1.29, 1.82) is 0 Å². The summed E-state index contributed by atoms with van der Waals surface area (Å²) in [6.07, 6.45) is 3.94. The van der Waals surface area contributed by atoms with Gasteiger partial charge < -0.3 is 11.1 Å². The Balaban J connectivity index is 1.94. The van der Waals surface area contributed by atoms with Crippen LogP contribution in [-0.2, 0) is 6.54 Å². The van der Waals surface area contributed by atoms with Crippen LogP contribution in [-0.4, -0.2) is 13.1 Å². The maximum absolute atomic E-state index is 5.89. The molecule has 0 aliphatic heterocycles. The van der Waals surface area contributed by atoms with E-state index in [-0.39, 0.29) is 0 Å². The fraction of sp³-hybridized carbons (Fsp3) is 0.625. The summed E-state index contributed by atoms with van der Waals surface area (Å²) in [4.78, 5) is 0. The first-order chi connectivity index (χ1) is 8.56. The molecule has 0 atom stereocenters. The van der Waals surface area contributed by atoms with Crippen LogP contribution in [0.1, 0.15) is 41.5 Å². The molecule has 0 radical (unpaired) electrons. The lowest BCUT2D eigenvalue weighted by Gasteiger charge is -2.41. The Kier molecular flexibility index (Phi) is 4.08. The monoisotopic (exact) mass is 246 g/mol. The molecule has 0 unspecified atom stereocenters. The number of hydrogen-bond acceptors (Lipinski definition) is 2. The summed E-state index contributed by atoms with van der Waals surface area (Å²) >= 11 is 0. The van der Waals surface area contributed by atoms with Crippen molar-refractivity contribution in [3.05, 3.63) is 34.4 Å². The normalized spacial score (nSPS) is 17.6. The fourth-order valence-electron chi connectivity index (χ4n) is 3.07. The lowest BCUT2D eigenvalue weighted by Crippen LogP contribution is -2.45. The summed E-state index contributed by atoms with van der Waals surface area (Å²) in [7, 11) is 0. The van der Waals surface area contributed by atoms with Crippen molar-refractivity contribution in [2.45, 2.75) is 46.6 Å². The van der Waals surface area contributed by atoms with Gasteiger partial charge in [0.15, 0.2) is 0 Å². The molecule has 2 heteroatoms. The molecule has 18 heavy (non-hydrogen) atoms. The summed E-state index contributed by atoms with van der Waals surface area (Å²) in [6.45, 7) is 9.44. The second-order valence-corrected chi connectivity index (χ2v) is 6.04. The molecule has 1 fully saturated rings. The quantitative estimate of drug-likeness (QED) is 0.838. The number of rotatable bonds is 5. The molecule has 0 amide bonds. The van der Waals surface area contributed by atoms with Gasteiger partial charge in [-0.05, 0) is 62.3 Å². The molecule has 0 saturated heterocycles. The largest absolute Gasteiger partial charge is 0.330 e. The SMILES string of the molecule is Cc1cc(C)c(CNCC2(CN)CCC2)c(C)c1. The van der Waals surface area contributed by atoms with E-state index < -0.39 is 0 Å². The minimum absolute atomic E-state index is 0.395. The highest BCUT2D eigenvalue weighted by atomic mass is 14.9. The minimum Gasteiger partial charge on any atom is -0.330 e. The van der Waals surface area contributed by atoms with E-state index >= 15 is 0 Å². The van der Waals surface area contributed by atoms with Gasteiger partial charge in [-0.15, -0.1) is 0 Å². The first-order valence-electron chi connectivity index (χ1n) is 7.04. The number of nitrogens with one attached hydrogen (secondary N) is 1. The molecular weight excluding hydrogens is 220 g/mol. The van der Waals surface area contributed by atoms with E-state index in [1.807, 2.05) is 0 Å². The number of aryl methyl sites for hydroxylation is 3. The van der Waals surface area contributed by atoms with E-state index in [9.17, 15) is 0 Å². The third-order valence-corrected chi connectivity index (χ3v) is 4.49. The Hall–Kier alpha value is -0.860. The van der Waals surface area contributed by atoms with Gasteiger partial charge in [0, 0.05) is 13.1 Å². The van der Waals surface area contributed by atoms with Gasteiger partial charge in [-0.2, -0.15) is 0 Å². The molecular formula is C16H26N2. The van der Waals surface area contributed by atoms with Crippen LogP contribution in [0.4, 0.5) is 0 Å². The average Bonchev–Trinajstić information content (AvgIpc) is 2.25. The van der Waals surface area contributed by atoms with Crippen molar-refractivity contribution >= 4 is 0 Å². The molecule has 0 spiro atoms. The Morgan fingerprint density at radius 1 is 1.17 bits per heavy atom. The van der Waals surface area contributed by atoms with Crippen LogP contribution in [0, 0.1) is 26.2 Å². The summed E-state index contributed by atoms with van der Waals surface area (Å²) in [5, 5.41) is 3.62. The van der Waals surface area contributed by atoms with Gasteiger partial charge in [-0.3, -0.25) is 0 Å². The molecule has 2 rings (SSSR count). The maximum atomic E-state index is 5.89. The molecule has 100 valence electrons. The van der Waals surface area contributed by atoms with E-state index in [4.69, 9.17) is 5.73 Å². The van der Waals surface area contributed by atoms with Crippen LogP contribution in [0.3, 0.4) is 0 Å². The van der Waals surface area contributed by atoms with Crippen LogP contribution >= 0.6 is 0 Å². The predicted octanol–water partition coefficient (Wildman–Crippen LogP) is 2.83. The second-order valence-electron chi connectivity index (χ2n) is 6.04. The van der Waals surface area contributed by atoms with E-state index in [1.54, 1.807) is 0 Å². The second kappa shape index (κ2) is 5.41. The number of nitrogens with two attached hydrogens (primary N) is 1. The molecule has 1 aliphatic carbocycles.